The van der Waals surface area contributed by atoms with E-state index in [2.05, 4.69) is 15.9 Å². The van der Waals surface area contributed by atoms with Gasteiger partial charge < -0.3 is 0 Å². The van der Waals surface area contributed by atoms with E-state index in [0.29, 0.717) is 0 Å². The third kappa shape index (κ3) is 2.84. The van der Waals surface area contributed by atoms with Crippen molar-refractivity contribution in [1.82, 2.24) is 0 Å². The standard InChI is InChI=1S/C11H10BrF3/c1-3-9(11(13,14)15)8-5-4-7(2)10(12)6-8/h3-6H,1-2H3/i2D3. The molecule has 0 N–H and O–H groups in total. The monoisotopic (exact) mass is 281 g/mol. The maximum absolute atomic E-state index is 12.7. The van der Waals surface area contributed by atoms with Crippen molar-refractivity contribution in [2.75, 3.05) is 0 Å². The molecular formula is C11H10BrF3. The first kappa shape index (κ1) is 8.39. The van der Waals surface area contributed by atoms with Crippen LogP contribution in [0.2, 0.25) is 0 Å². The first-order valence-corrected chi connectivity index (χ1v) is 4.90. The minimum Gasteiger partial charge on any atom is -0.166 e. The Balaban J connectivity index is 3.28. The zero-order valence-corrected chi connectivity index (χ0v) is 9.41. The van der Waals surface area contributed by atoms with Gasteiger partial charge in [-0.1, -0.05) is 34.1 Å². The van der Waals surface area contributed by atoms with Crippen molar-refractivity contribution in [3.05, 3.63) is 39.9 Å². The van der Waals surface area contributed by atoms with Crippen LogP contribution in [-0.2, 0) is 0 Å². The van der Waals surface area contributed by atoms with Crippen LogP contribution in [0.3, 0.4) is 0 Å². The van der Waals surface area contributed by atoms with E-state index in [-0.39, 0.29) is 15.6 Å². The van der Waals surface area contributed by atoms with Gasteiger partial charge in [-0.3, -0.25) is 0 Å². The fourth-order valence-corrected chi connectivity index (χ4v) is 1.56. The van der Waals surface area contributed by atoms with Gasteiger partial charge in [-0.25, -0.2) is 0 Å². The van der Waals surface area contributed by atoms with Crippen LogP contribution < -0.4 is 0 Å². The molecule has 0 aliphatic rings. The molecule has 0 unspecified atom stereocenters. The van der Waals surface area contributed by atoms with Crippen molar-refractivity contribution in [2.45, 2.75) is 20.0 Å². The van der Waals surface area contributed by atoms with Crippen LogP contribution in [-0.4, -0.2) is 6.18 Å². The molecule has 0 aliphatic heterocycles. The number of halogens is 4. The average Bonchev–Trinajstić information content (AvgIpc) is 2.14. The summed E-state index contributed by atoms with van der Waals surface area (Å²) in [6.07, 6.45) is -3.51. The molecule has 0 spiro atoms. The maximum Gasteiger partial charge on any atom is 0.416 e. The molecule has 0 saturated carbocycles. The molecule has 0 radical (unpaired) electrons. The lowest BCUT2D eigenvalue weighted by atomic mass is 10.0. The predicted octanol–water partition coefficient (Wildman–Crippen LogP) is 4.72. The van der Waals surface area contributed by atoms with Crippen LogP contribution in [0.25, 0.3) is 5.57 Å². The fraction of sp³-hybridized carbons (Fsp3) is 0.273. The van der Waals surface area contributed by atoms with Crippen molar-refractivity contribution in [3.8, 4) is 0 Å². The molecule has 0 aromatic heterocycles. The molecule has 4 heteroatoms. The van der Waals surface area contributed by atoms with Crippen LogP contribution in [0.15, 0.2) is 28.7 Å². The van der Waals surface area contributed by atoms with Crippen LogP contribution in [0.5, 0.6) is 0 Å². The highest BCUT2D eigenvalue weighted by molar-refractivity contribution is 9.10. The van der Waals surface area contributed by atoms with E-state index in [0.717, 1.165) is 12.1 Å². The summed E-state index contributed by atoms with van der Waals surface area (Å²) in [6.45, 7) is -1.07. The molecule has 0 amide bonds. The van der Waals surface area contributed by atoms with Crippen molar-refractivity contribution in [3.63, 3.8) is 0 Å². The summed E-state index contributed by atoms with van der Waals surface area (Å²) in [5.74, 6) is 0. The molecule has 0 fully saturated rings. The quantitative estimate of drug-likeness (QED) is 0.699. The van der Waals surface area contributed by atoms with Gasteiger partial charge in [0.05, 0.1) is 5.57 Å². The number of allylic oxidation sites excluding steroid dienone is 2. The summed E-state index contributed by atoms with van der Waals surface area (Å²) >= 11 is 2.99. The van der Waals surface area contributed by atoms with Crippen LogP contribution in [0.1, 0.15) is 22.2 Å². The highest BCUT2D eigenvalue weighted by Gasteiger charge is 2.33. The second-order valence-corrected chi connectivity index (χ2v) is 3.75. The number of hydrogen-bond donors (Lipinski definition) is 0. The molecular weight excluding hydrogens is 269 g/mol. The number of rotatable bonds is 1. The molecule has 1 aromatic rings. The largest absolute Gasteiger partial charge is 0.416 e. The Hall–Kier alpha value is -0.770. The normalized spacial score (nSPS) is 16.9. The highest BCUT2D eigenvalue weighted by atomic mass is 79.9. The van der Waals surface area contributed by atoms with E-state index in [1.807, 2.05) is 0 Å². The van der Waals surface area contributed by atoms with Gasteiger partial charge in [0.25, 0.3) is 0 Å². The maximum atomic E-state index is 12.7. The first-order chi connectivity index (χ1) is 8.07. The minimum atomic E-state index is -4.46. The lowest BCUT2D eigenvalue weighted by Gasteiger charge is -2.12. The Morgan fingerprint density at radius 3 is 2.53 bits per heavy atom. The molecule has 15 heavy (non-hydrogen) atoms. The molecule has 1 aromatic carbocycles. The molecule has 0 aliphatic carbocycles. The summed E-state index contributed by atoms with van der Waals surface area (Å²) in [6, 6.07) is 3.52. The Morgan fingerprint density at radius 1 is 1.47 bits per heavy atom. The molecule has 0 bridgehead atoms. The van der Waals surface area contributed by atoms with Gasteiger partial charge in [-0.05, 0) is 31.0 Å². The van der Waals surface area contributed by atoms with Gasteiger partial charge in [-0.15, -0.1) is 0 Å². The van der Waals surface area contributed by atoms with Gasteiger partial charge in [-0.2, -0.15) is 13.2 Å². The third-order valence-corrected chi connectivity index (χ3v) is 2.53. The van der Waals surface area contributed by atoms with Gasteiger partial charge in [0.1, 0.15) is 0 Å². The van der Waals surface area contributed by atoms with Crippen molar-refractivity contribution < 1.29 is 17.3 Å². The Kier molecular flexibility index (Phi) is 2.46. The Morgan fingerprint density at radius 2 is 2.13 bits per heavy atom. The van der Waals surface area contributed by atoms with E-state index in [1.165, 1.54) is 19.1 Å². The van der Waals surface area contributed by atoms with Gasteiger partial charge in [0.2, 0.25) is 0 Å². The minimum absolute atomic E-state index is 0.0103. The van der Waals surface area contributed by atoms with Crippen LogP contribution in [0, 0.1) is 6.85 Å². The van der Waals surface area contributed by atoms with Crippen molar-refractivity contribution in [1.29, 1.82) is 0 Å². The molecule has 0 atom stereocenters. The SMILES string of the molecule is [2H]C([2H])([2H])c1ccc(C(=CC)C(F)(F)F)cc1Br. The van der Waals surface area contributed by atoms with Gasteiger partial charge in [0.15, 0.2) is 0 Å². The lowest BCUT2D eigenvalue weighted by molar-refractivity contribution is -0.0689. The van der Waals surface area contributed by atoms with Crippen molar-refractivity contribution >= 4 is 21.5 Å². The summed E-state index contributed by atoms with van der Waals surface area (Å²) in [5.41, 5.74) is -0.867. The van der Waals surface area contributed by atoms with E-state index in [4.69, 9.17) is 4.11 Å². The molecule has 82 valence electrons. The van der Waals surface area contributed by atoms with Crippen molar-refractivity contribution in [2.24, 2.45) is 0 Å². The number of benzene rings is 1. The molecule has 0 saturated heterocycles. The zero-order chi connectivity index (χ0) is 14.1. The Labute approximate surface area is 99.1 Å². The second-order valence-electron chi connectivity index (χ2n) is 2.89. The molecule has 1 rings (SSSR count). The van der Waals surface area contributed by atoms with Crippen LogP contribution >= 0.6 is 15.9 Å². The van der Waals surface area contributed by atoms with E-state index in [9.17, 15) is 13.2 Å². The molecule has 0 nitrogen and oxygen atoms in total. The number of aryl methyl sites for hydroxylation is 1. The van der Waals surface area contributed by atoms with Gasteiger partial charge >= 0.3 is 6.18 Å². The van der Waals surface area contributed by atoms with E-state index < -0.39 is 18.6 Å². The van der Waals surface area contributed by atoms with E-state index >= 15 is 0 Å². The summed E-state index contributed by atoms with van der Waals surface area (Å²) in [4.78, 5) is 0. The van der Waals surface area contributed by atoms with E-state index in [1.54, 1.807) is 0 Å². The topological polar surface area (TPSA) is 0 Å². The van der Waals surface area contributed by atoms with Gasteiger partial charge in [0, 0.05) is 8.58 Å². The lowest BCUT2D eigenvalue weighted by Crippen LogP contribution is -2.10. The number of alkyl halides is 3. The highest BCUT2D eigenvalue weighted by Crippen LogP contribution is 2.35. The zero-order valence-electron chi connectivity index (χ0n) is 10.8. The summed E-state index contributed by atoms with van der Waals surface area (Å²) in [5, 5.41) is 0. The second kappa shape index (κ2) is 4.39. The fourth-order valence-electron chi connectivity index (χ4n) is 1.18. The molecule has 0 heterocycles. The number of hydrogen-bond acceptors (Lipinski definition) is 0. The predicted molar refractivity (Wildman–Crippen MR) is 58.6 cm³/mol. The van der Waals surface area contributed by atoms with Crippen LogP contribution in [0.4, 0.5) is 13.2 Å². The summed E-state index contributed by atoms with van der Waals surface area (Å²) in [7, 11) is 0. The smallest absolute Gasteiger partial charge is 0.166 e. The Bertz CT molecular complexity index is 475. The first-order valence-electron chi connectivity index (χ1n) is 5.61. The summed E-state index contributed by atoms with van der Waals surface area (Å²) < 4.78 is 59.9. The average molecular weight is 282 g/mol. The third-order valence-electron chi connectivity index (χ3n) is 1.87.